The molecule has 1 unspecified atom stereocenters. The van der Waals surface area contributed by atoms with Gasteiger partial charge in [-0.2, -0.15) is 9.71 Å². The van der Waals surface area contributed by atoms with Gasteiger partial charge in [0.2, 0.25) is 10.0 Å². The van der Waals surface area contributed by atoms with Crippen LogP contribution < -0.4 is 4.72 Å². The molecule has 148 valence electrons. The molecule has 2 aromatic rings. The molecule has 0 spiro atoms. The smallest absolute Gasteiger partial charge is 0.321 e. The number of hydrogen-bond donors (Lipinski definition) is 1. The minimum Gasteiger partial charge on any atom is -0.452 e. The fourth-order valence-corrected chi connectivity index (χ4v) is 3.23. The van der Waals surface area contributed by atoms with Crippen molar-refractivity contribution in [3.63, 3.8) is 0 Å². The lowest BCUT2D eigenvalue weighted by molar-refractivity contribution is -0.148. The van der Waals surface area contributed by atoms with Crippen LogP contribution in [0.3, 0.4) is 0 Å². The normalized spacial score (nSPS) is 13.4. The van der Waals surface area contributed by atoms with E-state index in [0.29, 0.717) is 5.82 Å². The van der Waals surface area contributed by atoms with Crippen LogP contribution in [0.1, 0.15) is 45.5 Å². The van der Waals surface area contributed by atoms with Crippen molar-refractivity contribution in [2.45, 2.75) is 44.1 Å². The summed E-state index contributed by atoms with van der Waals surface area (Å²) in [4.78, 5) is 16.0. The van der Waals surface area contributed by atoms with Crippen LogP contribution in [0.2, 0.25) is 10.0 Å². The van der Waals surface area contributed by atoms with E-state index in [1.807, 2.05) is 20.8 Å². The van der Waals surface area contributed by atoms with E-state index in [1.165, 1.54) is 18.2 Å². The lowest BCUT2D eigenvalue weighted by atomic mass is 9.96. The second-order valence-electron chi connectivity index (χ2n) is 6.74. The molecule has 1 N–H and O–H groups in total. The summed E-state index contributed by atoms with van der Waals surface area (Å²) in [5.41, 5.74) is -0.318. The summed E-state index contributed by atoms with van der Waals surface area (Å²) in [6, 6.07) is 3.81. The minimum atomic E-state index is -3.96. The third-order valence-corrected chi connectivity index (χ3v) is 5.51. The summed E-state index contributed by atoms with van der Waals surface area (Å²) in [6.07, 6.45) is -0.824. The first-order valence-corrected chi connectivity index (χ1v) is 10.1. The predicted octanol–water partition coefficient (Wildman–Crippen LogP) is 3.26. The molecular weight excluding hydrogens is 417 g/mol. The number of hydrogen-bond acceptors (Lipinski definition) is 7. The molecule has 1 atom stereocenters. The second kappa shape index (κ2) is 8.14. The average Bonchev–Trinajstić information content (AvgIpc) is 3.06. The fourth-order valence-electron chi connectivity index (χ4n) is 1.88. The Kier molecular flexibility index (Phi) is 6.51. The number of rotatable bonds is 6. The molecule has 1 aromatic heterocycles. The Morgan fingerprint density at radius 2 is 1.96 bits per heavy atom. The monoisotopic (exact) mass is 435 g/mol. The number of ether oxygens (including phenoxy) is 1. The number of aromatic nitrogens is 2. The molecule has 27 heavy (non-hydrogen) atoms. The zero-order valence-corrected chi connectivity index (χ0v) is 17.4. The molecule has 0 aliphatic heterocycles. The van der Waals surface area contributed by atoms with E-state index in [-0.39, 0.29) is 26.2 Å². The molecule has 0 radical (unpaired) electrons. The van der Waals surface area contributed by atoms with Gasteiger partial charge in [-0.3, -0.25) is 4.79 Å². The highest BCUT2D eigenvalue weighted by atomic mass is 35.5. The van der Waals surface area contributed by atoms with Gasteiger partial charge < -0.3 is 9.26 Å². The van der Waals surface area contributed by atoms with Gasteiger partial charge in [0.25, 0.3) is 5.89 Å². The number of nitrogens with one attached hydrogen (secondary N) is 1. The van der Waals surface area contributed by atoms with Gasteiger partial charge in [0, 0.05) is 5.41 Å². The lowest BCUT2D eigenvalue weighted by Gasteiger charge is -2.12. The summed E-state index contributed by atoms with van der Waals surface area (Å²) in [6.45, 7) is 6.71. The Morgan fingerprint density at radius 1 is 1.30 bits per heavy atom. The first kappa shape index (κ1) is 21.6. The highest BCUT2D eigenvalue weighted by Crippen LogP contribution is 2.25. The van der Waals surface area contributed by atoms with Crippen molar-refractivity contribution in [3.8, 4) is 0 Å². The van der Waals surface area contributed by atoms with Crippen molar-refractivity contribution in [2.24, 2.45) is 0 Å². The van der Waals surface area contributed by atoms with E-state index < -0.39 is 28.6 Å². The summed E-state index contributed by atoms with van der Waals surface area (Å²) >= 11 is 11.6. The third kappa shape index (κ3) is 5.65. The SMILES string of the molecule is CC(OC(=O)CNS(=O)(=O)c1ccc(Cl)c(Cl)c1)c1nc(C(C)(C)C)no1. The van der Waals surface area contributed by atoms with Crippen LogP contribution in [-0.2, 0) is 25.0 Å². The van der Waals surface area contributed by atoms with Crippen LogP contribution >= 0.6 is 23.2 Å². The van der Waals surface area contributed by atoms with Gasteiger partial charge in [0.05, 0.1) is 14.9 Å². The summed E-state index contributed by atoms with van der Waals surface area (Å²) in [5, 5.41) is 4.15. The van der Waals surface area contributed by atoms with E-state index in [1.54, 1.807) is 6.92 Å². The van der Waals surface area contributed by atoms with E-state index in [9.17, 15) is 13.2 Å². The standard InChI is InChI=1S/C16H19Cl2N3O5S/c1-9(14-20-15(21-26-14)16(2,3)4)25-13(22)8-19-27(23,24)10-5-6-11(17)12(18)7-10/h5-7,9,19H,8H2,1-4H3. The highest BCUT2D eigenvalue weighted by Gasteiger charge is 2.25. The largest absolute Gasteiger partial charge is 0.452 e. The number of carbonyl (C=O) groups excluding carboxylic acids is 1. The number of nitrogens with zero attached hydrogens (tertiary/aromatic N) is 2. The Labute approximate surface area is 167 Å². The molecule has 1 heterocycles. The first-order valence-electron chi connectivity index (χ1n) is 7.88. The summed E-state index contributed by atoms with van der Waals surface area (Å²) in [5.74, 6) is -0.206. The molecule has 11 heteroatoms. The molecule has 1 aromatic carbocycles. The average molecular weight is 436 g/mol. The molecule has 0 aliphatic rings. The van der Waals surface area contributed by atoms with Crippen LogP contribution in [0, 0.1) is 0 Å². The predicted molar refractivity (Wildman–Crippen MR) is 99.2 cm³/mol. The Bertz CT molecular complexity index is 938. The first-order chi connectivity index (χ1) is 12.4. The van der Waals surface area contributed by atoms with Gasteiger partial charge >= 0.3 is 5.97 Å². The molecule has 0 bridgehead atoms. The molecule has 0 saturated carbocycles. The maximum Gasteiger partial charge on any atom is 0.321 e. The van der Waals surface area contributed by atoms with Crippen molar-refractivity contribution in [2.75, 3.05) is 6.54 Å². The lowest BCUT2D eigenvalue weighted by Crippen LogP contribution is -2.31. The van der Waals surface area contributed by atoms with Gasteiger partial charge in [-0.15, -0.1) is 0 Å². The van der Waals surface area contributed by atoms with Crippen molar-refractivity contribution < 1.29 is 22.5 Å². The molecule has 0 saturated heterocycles. The Hall–Kier alpha value is -1.68. The number of sulfonamides is 1. The minimum absolute atomic E-state index is 0.0850. The van der Waals surface area contributed by atoms with E-state index >= 15 is 0 Å². The van der Waals surface area contributed by atoms with Crippen molar-refractivity contribution in [1.82, 2.24) is 14.9 Å². The molecule has 8 nitrogen and oxygen atoms in total. The number of carbonyl (C=O) groups is 1. The van der Waals surface area contributed by atoms with Crippen LogP contribution in [0.25, 0.3) is 0 Å². The zero-order valence-electron chi connectivity index (χ0n) is 15.1. The van der Waals surface area contributed by atoms with Crippen LogP contribution in [0.5, 0.6) is 0 Å². The maximum atomic E-state index is 12.2. The van der Waals surface area contributed by atoms with E-state index in [2.05, 4.69) is 14.9 Å². The van der Waals surface area contributed by atoms with E-state index in [4.69, 9.17) is 32.5 Å². The van der Waals surface area contributed by atoms with Gasteiger partial charge in [0.15, 0.2) is 11.9 Å². The maximum absolute atomic E-state index is 12.2. The Balaban J connectivity index is 1.97. The molecule has 0 aliphatic carbocycles. The van der Waals surface area contributed by atoms with Gasteiger partial charge in [0.1, 0.15) is 6.54 Å². The zero-order chi connectivity index (χ0) is 20.4. The van der Waals surface area contributed by atoms with Crippen molar-refractivity contribution >= 4 is 39.2 Å². The van der Waals surface area contributed by atoms with Crippen LogP contribution in [0.4, 0.5) is 0 Å². The molecule has 0 amide bonds. The summed E-state index contributed by atoms with van der Waals surface area (Å²) in [7, 11) is -3.96. The summed E-state index contributed by atoms with van der Waals surface area (Å²) < 4.78 is 36.8. The van der Waals surface area contributed by atoms with Crippen molar-refractivity contribution in [3.05, 3.63) is 40.0 Å². The van der Waals surface area contributed by atoms with Crippen LogP contribution in [0.15, 0.2) is 27.6 Å². The van der Waals surface area contributed by atoms with Gasteiger partial charge in [-0.25, -0.2) is 8.42 Å². The molecule has 0 fully saturated rings. The second-order valence-corrected chi connectivity index (χ2v) is 9.32. The van der Waals surface area contributed by atoms with Crippen molar-refractivity contribution in [1.29, 1.82) is 0 Å². The molecule has 2 rings (SSSR count). The van der Waals surface area contributed by atoms with E-state index in [0.717, 1.165) is 0 Å². The van der Waals surface area contributed by atoms with Gasteiger partial charge in [-0.1, -0.05) is 49.1 Å². The quantitative estimate of drug-likeness (QED) is 0.692. The fraction of sp³-hybridized carbons (Fsp3) is 0.438. The molecular formula is C16H19Cl2N3O5S. The number of benzene rings is 1. The topological polar surface area (TPSA) is 111 Å². The number of halogens is 2. The number of esters is 1. The van der Waals surface area contributed by atoms with Crippen LogP contribution in [-0.4, -0.2) is 31.1 Å². The highest BCUT2D eigenvalue weighted by molar-refractivity contribution is 7.89. The van der Waals surface area contributed by atoms with Gasteiger partial charge in [-0.05, 0) is 25.1 Å². The third-order valence-electron chi connectivity index (χ3n) is 3.38. The Morgan fingerprint density at radius 3 is 2.52 bits per heavy atom.